The number of hydrogen-bond acceptors (Lipinski definition) is 6. The van der Waals surface area contributed by atoms with E-state index in [-0.39, 0.29) is 12.3 Å². The average molecular weight is 365 g/mol. The smallest absolute Gasteiger partial charge is 0.360 e. The molecule has 27 heavy (non-hydrogen) atoms. The Balaban J connectivity index is 2.06. The summed E-state index contributed by atoms with van der Waals surface area (Å²) in [5.74, 6) is -1.01. The van der Waals surface area contributed by atoms with Crippen LogP contribution in [0.4, 0.5) is 0 Å². The Hall–Kier alpha value is -3.48. The van der Waals surface area contributed by atoms with Crippen LogP contribution < -0.4 is 0 Å². The highest BCUT2D eigenvalue weighted by Crippen LogP contribution is 2.25. The summed E-state index contributed by atoms with van der Waals surface area (Å²) in [6.45, 7) is 3.98. The minimum atomic E-state index is -0.549. The SMILES string of the molecule is CCOC(=O)c1cn(-c2cc(C(=O)OC)cc(-c3ccc(C)cc3)c2)nn1. The molecular weight excluding hydrogens is 346 g/mol. The fourth-order valence-corrected chi connectivity index (χ4v) is 2.58. The van der Waals surface area contributed by atoms with Crippen LogP contribution in [0.1, 0.15) is 33.3 Å². The van der Waals surface area contributed by atoms with E-state index in [9.17, 15) is 9.59 Å². The van der Waals surface area contributed by atoms with Crippen LogP contribution in [0.15, 0.2) is 48.7 Å². The predicted octanol–water partition coefficient (Wildman–Crippen LogP) is 3.21. The van der Waals surface area contributed by atoms with Gasteiger partial charge in [-0.25, -0.2) is 14.3 Å². The average Bonchev–Trinajstić information content (AvgIpc) is 3.18. The van der Waals surface area contributed by atoms with E-state index in [1.807, 2.05) is 37.3 Å². The number of carbonyl (C=O) groups excluding carboxylic acids is 2. The van der Waals surface area contributed by atoms with E-state index < -0.39 is 11.9 Å². The first-order valence-corrected chi connectivity index (χ1v) is 8.42. The zero-order chi connectivity index (χ0) is 19.4. The van der Waals surface area contributed by atoms with Crippen LogP contribution in [0.5, 0.6) is 0 Å². The first-order chi connectivity index (χ1) is 13.0. The number of rotatable bonds is 5. The number of hydrogen-bond donors (Lipinski definition) is 0. The highest BCUT2D eigenvalue weighted by Gasteiger charge is 2.15. The van der Waals surface area contributed by atoms with Gasteiger partial charge in [0.2, 0.25) is 0 Å². The quantitative estimate of drug-likeness (QED) is 0.646. The molecule has 7 nitrogen and oxygen atoms in total. The Morgan fingerprint density at radius 1 is 1.04 bits per heavy atom. The lowest BCUT2D eigenvalue weighted by Gasteiger charge is -2.09. The molecule has 138 valence electrons. The molecular formula is C20H19N3O4. The number of benzene rings is 2. The maximum Gasteiger partial charge on any atom is 0.360 e. The zero-order valence-corrected chi connectivity index (χ0v) is 15.3. The Labute approximate surface area is 156 Å². The van der Waals surface area contributed by atoms with Crippen molar-refractivity contribution in [1.82, 2.24) is 15.0 Å². The van der Waals surface area contributed by atoms with Gasteiger partial charge in [-0.05, 0) is 43.2 Å². The third-order valence-electron chi connectivity index (χ3n) is 3.97. The molecule has 0 aliphatic heterocycles. The molecule has 0 saturated heterocycles. The van der Waals surface area contributed by atoms with Gasteiger partial charge in [-0.3, -0.25) is 0 Å². The van der Waals surface area contributed by atoms with E-state index in [2.05, 4.69) is 10.3 Å². The van der Waals surface area contributed by atoms with Gasteiger partial charge >= 0.3 is 11.9 Å². The summed E-state index contributed by atoms with van der Waals surface area (Å²) in [5, 5.41) is 7.82. The van der Waals surface area contributed by atoms with Gasteiger partial charge in [0.05, 0.1) is 31.2 Å². The first kappa shape index (κ1) is 18.3. The van der Waals surface area contributed by atoms with Gasteiger partial charge in [0.1, 0.15) is 0 Å². The van der Waals surface area contributed by atoms with Crippen molar-refractivity contribution in [3.8, 4) is 16.8 Å². The maximum absolute atomic E-state index is 12.1. The molecule has 0 spiro atoms. The van der Waals surface area contributed by atoms with Crippen LogP contribution in [0, 0.1) is 6.92 Å². The molecule has 3 aromatic rings. The Kier molecular flexibility index (Phi) is 5.30. The fraction of sp³-hybridized carbons (Fsp3) is 0.200. The fourth-order valence-electron chi connectivity index (χ4n) is 2.58. The van der Waals surface area contributed by atoms with E-state index in [0.29, 0.717) is 11.3 Å². The molecule has 3 rings (SSSR count). The van der Waals surface area contributed by atoms with Crippen molar-refractivity contribution in [3.05, 3.63) is 65.5 Å². The molecule has 1 heterocycles. The second kappa shape index (κ2) is 7.82. The second-order valence-corrected chi connectivity index (χ2v) is 5.89. The topological polar surface area (TPSA) is 83.3 Å². The number of esters is 2. The molecule has 0 N–H and O–H groups in total. The van der Waals surface area contributed by atoms with Crippen molar-refractivity contribution < 1.29 is 19.1 Å². The van der Waals surface area contributed by atoms with Crippen LogP contribution in [0.2, 0.25) is 0 Å². The highest BCUT2D eigenvalue weighted by atomic mass is 16.5. The summed E-state index contributed by atoms with van der Waals surface area (Å²) in [4.78, 5) is 23.9. The Bertz CT molecular complexity index is 977. The minimum absolute atomic E-state index is 0.0946. The number of ether oxygens (including phenoxy) is 2. The number of nitrogens with zero attached hydrogens (tertiary/aromatic N) is 3. The lowest BCUT2D eigenvalue weighted by atomic mass is 10.0. The molecule has 0 aliphatic rings. The van der Waals surface area contributed by atoms with Crippen molar-refractivity contribution in [2.75, 3.05) is 13.7 Å². The van der Waals surface area contributed by atoms with Crippen molar-refractivity contribution in [2.24, 2.45) is 0 Å². The first-order valence-electron chi connectivity index (χ1n) is 8.42. The normalized spacial score (nSPS) is 10.5. The van der Waals surface area contributed by atoms with E-state index in [0.717, 1.165) is 16.7 Å². The van der Waals surface area contributed by atoms with Crippen LogP contribution >= 0.6 is 0 Å². The molecule has 0 fully saturated rings. The molecule has 0 bridgehead atoms. The summed E-state index contributed by atoms with van der Waals surface area (Å²) in [6.07, 6.45) is 1.47. The van der Waals surface area contributed by atoms with Crippen molar-refractivity contribution >= 4 is 11.9 Å². The summed E-state index contributed by atoms with van der Waals surface area (Å²) in [6, 6.07) is 13.2. The Morgan fingerprint density at radius 3 is 2.44 bits per heavy atom. The third kappa shape index (κ3) is 4.03. The van der Waals surface area contributed by atoms with Gasteiger partial charge in [0, 0.05) is 0 Å². The molecule has 0 saturated carbocycles. The third-order valence-corrected chi connectivity index (χ3v) is 3.97. The van der Waals surface area contributed by atoms with Gasteiger partial charge in [-0.2, -0.15) is 0 Å². The summed E-state index contributed by atoms with van der Waals surface area (Å²) in [7, 11) is 1.33. The molecule has 1 aromatic heterocycles. The lowest BCUT2D eigenvalue weighted by molar-refractivity contribution is 0.0518. The number of carbonyl (C=O) groups is 2. The lowest BCUT2D eigenvalue weighted by Crippen LogP contribution is -2.05. The minimum Gasteiger partial charge on any atom is -0.465 e. The monoisotopic (exact) mass is 365 g/mol. The summed E-state index contributed by atoms with van der Waals surface area (Å²) in [5.41, 5.74) is 3.95. The zero-order valence-electron chi connectivity index (χ0n) is 15.3. The molecule has 0 atom stereocenters. The molecule has 7 heteroatoms. The van der Waals surface area contributed by atoms with E-state index in [1.54, 1.807) is 19.1 Å². The van der Waals surface area contributed by atoms with Crippen molar-refractivity contribution in [2.45, 2.75) is 13.8 Å². The van der Waals surface area contributed by atoms with Crippen LogP contribution in [0.3, 0.4) is 0 Å². The van der Waals surface area contributed by atoms with Crippen LogP contribution in [-0.4, -0.2) is 40.6 Å². The molecule has 0 unspecified atom stereocenters. The number of methoxy groups -OCH3 is 1. The summed E-state index contributed by atoms with van der Waals surface area (Å²) >= 11 is 0. The van der Waals surface area contributed by atoms with E-state index >= 15 is 0 Å². The molecule has 2 aromatic carbocycles. The largest absolute Gasteiger partial charge is 0.465 e. The molecule has 0 aliphatic carbocycles. The van der Waals surface area contributed by atoms with E-state index in [4.69, 9.17) is 9.47 Å². The van der Waals surface area contributed by atoms with Crippen LogP contribution in [0.25, 0.3) is 16.8 Å². The van der Waals surface area contributed by atoms with Gasteiger partial charge in [0.15, 0.2) is 5.69 Å². The number of aryl methyl sites for hydroxylation is 1. The second-order valence-electron chi connectivity index (χ2n) is 5.89. The van der Waals surface area contributed by atoms with Gasteiger partial charge in [-0.15, -0.1) is 5.10 Å². The molecule has 0 amide bonds. The van der Waals surface area contributed by atoms with E-state index in [1.165, 1.54) is 18.0 Å². The molecule has 0 radical (unpaired) electrons. The number of aromatic nitrogens is 3. The Morgan fingerprint density at radius 2 is 1.78 bits per heavy atom. The standard InChI is InChI=1S/C20H19N3O4/c1-4-27-20(25)18-12-23(22-21-18)17-10-15(9-16(11-17)19(24)26-3)14-7-5-13(2)6-8-14/h5-12H,4H2,1-3H3. The van der Waals surface area contributed by atoms with Crippen LogP contribution in [-0.2, 0) is 9.47 Å². The maximum atomic E-state index is 12.1. The van der Waals surface area contributed by atoms with Crippen molar-refractivity contribution in [1.29, 1.82) is 0 Å². The summed E-state index contributed by atoms with van der Waals surface area (Å²) < 4.78 is 11.2. The van der Waals surface area contributed by atoms with Gasteiger partial charge < -0.3 is 9.47 Å². The van der Waals surface area contributed by atoms with Gasteiger partial charge in [0.25, 0.3) is 0 Å². The highest BCUT2D eigenvalue weighted by molar-refractivity contribution is 5.92. The predicted molar refractivity (Wildman–Crippen MR) is 98.8 cm³/mol. The van der Waals surface area contributed by atoms with Crippen molar-refractivity contribution in [3.63, 3.8) is 0 Å². The van der Waals surface area contributed by atoms with Gasteiger partial charge in [-0.1, -0.05) is 35.0 Å².